The van der Waals surface area contributed by atoms with Crippen LogP contribution in [0.5, 0.6) is 11.5 Å². The van der Waals surface area contributed by atoms with Gasteiger partial charge in [-0.15, -0.1) is 0 Å². The van der Waals surface area contributed by atoms with E-state index in [0.29, 0.717) is 22.9 Å². The Labute approximate surface area is 107 Å². The minimum Gasteiger partial charge on any atom is -0.494 e. The van der Waals surface area contributed by atoms with Crippen LogP contribution >= 0.6 is 0 Å². The lowest BCUT2D eigenvalue weighted by molar-refractivity contribution is 0.407. The van der Waals surface area contributed by atoms with Crippen LogP contribution in [-0.4, -0.2) is 24.2 Å². The van der Waals surface area contributed by atoms with E-state index < -0.39 is 0 Å². The maximum absolute atomic E-state index is 5.34. The third-order valence-corrected chi connectivity index (χ3v) is 2.66. The Bertz CT molecular complexity index is 516. The predicted molar refractivity (Wildman–Crippen MR) is 70.0 cm³/mol. The normalized spacial score (nSPS) is 10.2. The van der Waals surface area contributed by atoms with Crippen LogP contribution in [-0.2, 0) is 0 Å². The molecule has 0 bridgehead atoms. The number of pyridine rings is 2. The van der Waals surface area contributed by atoms with Crippen LogP contribution < -0.4 is 9.47 Å². The molecule has 0 unspecified atom stereocenters. The molecule has 0 spiro atoms. The van der Waals surface area contributed by atoms with Gasteiger partial charge in [-0.1, -0.05) is 0 Å². The average molecular weight is 244 g/mol. The van der Waals surface area contributed by atoms with Gasteiger partial charge in [0.05, 0.1) is 14.2 Å². The van der Waals surface area contributed by atoms with Crippen LogP contribution in [0.4, 0.5) is 0 Å². The van der Waals surface area contributed by atoms with Gasteiger partial charge in [0, 0.05) is 11.4 Å². The van der Waals surface area contributed by atoms with Gasteiger partial charge in [0.1, 0.15) is 22.9 Å². The van der Waals surface area contributed by atoms with Crippen molar-refractivity contribution in [2.45, 2.75) is 13.8 Å². The first-order chi connectivity index (χ1) is 8.65. The Morgan fingerprint density at radius 1 is 0.722 bits per heavy atom. The van der Waals surface area contributed by atoms with E-state index in [-0.39, 0.29) is 0 Å². The van der Waals surface area contributed by atoms with E-state index in [0.717, 1.165) is 11.4 Å². The number of rotatable bonds is 3. The molecule has 0 saturated carbocycles. The second-order valence-electron chi connectivity index (χ2n) is 4.01. The Morgan fingerprint density at radius 2 is 1.11 bits per heavy atom. The van der Waals surface area contributed by atoms with Gasteiger partial charge in [-0.25, -0.2) is 9.97 Å². The first-order valence-corrected chi connectivity index (χ1v) is 5.69. The van der Waals surface area contributed by atoms with Gasteiger partial charge >= 0.3 is 0 Å². The van der Waals surface area contributed by atoms with Crippen molar-refractivity contribution in [3.63, 3.8) is 0 Å². The molecule has 0 N–H and O–H groups in total. The SMILES string of the molecule is COc1ccc(C)nc1-c1nc(C)ccc1OC. The third kappa shape index (κ3) is 2.27. The summed E-state index contributed by atoms with van der Waals surface area (Å²) in [6.45, 7) is 3.87. The maximum atomic E-state index is 5.34. The molecule has 0 saturated heterocycles. The molecule has 4 heteroatoms. The summed E-state index contributed by atoms with van der Waals surface area (Å²) in [5.74, 6) is 1.38. The summed E-state index contributed by atoms with van der Waals surface area (Å²) >= 11 is 0. The maximum Gasteiger partial charge on any atom is 0.146 e. The highest BCUT2D eigenvalue weighted by Crippen LogP contribution is 2.33. The average Bonchev–Trinajstić information content (AvgIpc) is 2.38. The quantitative estimate of drug-likeness (QED) is 0.832. The summed E-state index contributed by atoms with van der Waals surface area (Å²) in [7, 11) is 3.25. The Balaban J connectivity index is 2.67. The number of methoxy groups -OCH3 is 2. The molecule has 2 heterocycles. The molecule has 2 aromatic rings. The fraction of sp³-hybridized carbons (Fsp3) is 0.286. The van der Waals surface area contributed by atoms with Crippen LogP contribution in [0.1, 0.15) is 11.4 Å². The smallest absolute Gasteiger partial charge is 0.146 e. The monoisotopic (exact) mass is 244 g/mol. The summed E-state index contributed by atoms with van der Waals surface area (Å²) in [5.41, 5.74) is 3.24. The van der Waals surface area contributed by atoms with Crippen molar-refractivity contribution in [3.8, 4) is 22.9 Å². The molecule has 2 rings (SSSR count). The summed E-state index contributed by atoms with van der Waals surface area (Å²) in [5, 5.41) is 0. The van der Waals surface area contributed by atoms with Gasteiger partial charge in [0.2, 0.25) is 0 Å². The molecule has 0 aliphatic heterocycles. The Morgan fingerprint density at radius 3 is 1.44 bits per heavy atom. The van der Waals surface area contributed by atoms with Crippen molar-refractivity contribution < 1.29 is 9.47 Å². The van der Waals surface area contributed by atoms with Gasteiger partial charge in [-0.2, -0.15) is 0 Å². The van der Waals surface area contributed by atoms with Crippen molar-refractivity contribution in [2.75, 3.05) is 14.2 Å². The first-order valence-electron chi connectivity index (χ1n) is 5.69. The summed E-state index contributed by atoms with van der Waals surface area (Å²) in [4.78, 5) is 8.99. The first kappa shape index (κ1) is 12.4. The molecular formula is C14H16N2O2. The lowest BCUT2D eigenvalue weighted by atomic mass is 10.2. The zero-order valence-corrected chi connectivity index (χ0v) is 11.0. The van der Waals surface area contributed by atoms with Crippen LogP contribution in [0.3, 0.4) is 0 Å². The number of aryl methyl sites for hydroxylation is 2. The summed E-state index contributed by atoms with van der Waals surface area (Å²) in [6.07, 6.45) is 0. The van der Waals surface area contributed by atoms with Crippen molar-refractivity contribution in [1.29, 1.82) is 0 Å². The van der Waals surface area contributed by atoms with Gasteiger partial charge in [-0.05, 0) is 38.1 Å². The Kier molecular flexibility index (Phi) is 3.46. The molecule has 94 valence electrons. The van der Waals surface area contributed by atoms with Crippen molar-refractivity contribution >= 4 is 0 Å². The topological polar surface area (TPSA) is 44.2 Å². The zero-order chi connectivity index (χ0) is 13.1. The number of hydrogen-bond donors (Lipinski definition) is 0. The number of hydrogen-bond acceptors (Lipinski definition) is 4. The van der Waals surface area contributed by atoms with E-state index in [2.05, 4.69) is 9.97 Å². The number of nitrogens with zero attached hydrogens (tertiary/aromatic N) is 2. The molecule has 0 aliphatic carbocycles. The second-order valence-corrected chi connectivity index (χ2v) is 4.01. The third-order valence-electron chi connectivity index (χ3n) is 2.66. The lowest BCUT2D eigenvalue weighted by Gasteiger charge is -2.11. The highest BCUT2D eigenvalue weighted by atomic mass is 16.5. The molecular weight excluding hydrogens is 228 g/mol. The predicted octanol–water partition coefficient (Wildman–Crippen LogP) is 2.78. The van der Waals surface area contributed by atoms with E-state index in [4.69, 9.17) is 9.47 Å². The molecule has 0 amide bonds. The van der Waals surface area contributed by atoms with E-state index in [1.54, 1.807) is 14.2 Å². The molecule has 0 fully saturated rings. The van der Waals surface area contributed by atoms with Crippen molar-refractivity contribution in [2.24, 2.45) is 0 Å². The van der Waals surface area contributed by atoms with Crippen LogP contribution in [0, 0.1) is 13.8 Å². The molecule has 0 aromatic carbocycles. The zero-order valence-electron chi connectivity index (χ0n) is 11.0. The highest BCUT2D eigenvalue weighted by Gasteiger charge is 2.14. The molecule has 18 heavy (non-hydrogen) atoms. The molecule has 4 nitrogen and oxygen atoms in total. The van der Waals surface area contributed by atoms with Crippen molar-refractivity contribution in [1.82, 2.24) is 9.97 Å². The largest absolute Gasteiger partial charge is 0.494 e. The Hall–Kier alpha value is -2.10. The fourth-order valence-corrected chi connectivity index (χ4v) is 1.76. The molecule has 0 radical (unpaired) electrons. The molecule has 0 atom stereocenters. The van der Waals surface area contributed by atoms with Gasteiger partial charge in [0.15, 0.2) is 0 Å². The van der Waals surface area contributed by atoms with E-state index in [9.17, 15) is 0 Å². The molecule has 2 aromatic heterocycles. The summed E-state index contributed by atoms with van der Waals surface area (Å²) in [6, 6.07) is 7.59. The van der Waals surface area contributed by atoms with Gasteiger partial charge in [0.25, 0.3) is 0 Å². The van der Waals surface area contributed by atoms with E-state index in [1.165, 1.54) is 0 Å². The van der Waals surface area contributed by atoms with Gasteiger partial charge in [-0.3, -0.25) is 0 Å². The lowest BCUT2D eigenvalue weighted by Crippen LogP contribution is -1.99. The number of aromatic nitrogens is 2. The number of ether oxygens (including phenoxy) is 2. The highest BCUT2D eigenvalue weighted by molar-refractivity contribution is 5.69. The fourth-order valence-electron chi connectivity index (χ4n) is 1.76. The van der Waals surface area contributed by atoms with Gasteiger partial charge < -0.3 is 9.47 Å². The second kappa shape index (κ2) is 5.04. The van der Waals surface area contributed by atoms with E-state index >= 15 is 0 Å². The van der Waals surface area contributed by atoms with Crippen molar-refractivity contribution in [3.05, 3.63) is 35.7 Å². The van der Waals surface area contributed by atoms with Crippen LogP contribution in [0.2, 0.25) is 0 Å². The van der Waals surface area contributed by atoms with E-state index in [1.807, 2.05) is 38.1 Å². The standard InChI is InChI=1S/C14H16N2O2/c1-9-5-7-11(17-3)13(15-9)14-12(18-4)8-6-10(2)16-14/h5-8H,1-4H3. The van der Waals surface area contributed by atoms with Crippen LogP contribution in [0.25, 0.3) is 11.4 Å². The van der Waals surface area contributed by atoms with Crippen LogP contribution in [0.15, 0.2) is 24.3 Å². The molecule has 0 aliphatic rings. The summed E-state index contributed by atoms with van der Waals surface area (Å²) < 4.78 is 10.7. The minimum atomic E-state index is 0.692. The minimum absolute atomic E-state index is 0.692.